The number of carbonyl (C=O) groups excluding carboxylic acids is 2. The number of anilines is 2. The van der Waals surface area contributed by atoms with Crippen LogP contribution in [-0.2, 0) is 4.79 Å². The molecule has 152 valence electrons. The lowest BCUT2D eigenvalue weighted by Gasteiger charge is -2.43. The molecule has 0 spiro atoms. The van der Waals surface area contributed by atoms with Crippen LogP contribution in [0.5, 0.6) is 0 Å². The fourth-order valence-corrected chi connectivity index (χ4v) is 4.13. The second kappa shape index (κ2) is 8.06. The minimum Gasteiger partial charge on any atom is -0.305 e. The van der Waals surface area contributed by atoms with Gasteiger partial charge in [-0.3, -0.25) is 14.6 Å². The Balaban J connectivity index is 1.77. The van der Waals surface area contributed by atoms with Crippen molar-refractivity contribution < 1.29 is 9.59 Å². The molecule has 2 amide bonds. The minimum atomic E-state index is -0.185. The molecule has 0 N–H and O–H groups in total. The van der Waals surface area contributed by atoms with Gasteiger partial charge in [-0.05, 0) is 44.0 Å². The molecule has 0 saturated heterocycles. The zero-order valence-electron chi connectivity index (χ0n) is 17.3. The molecule has 0 aliphatic carbocycles. The summed E-state index contributed by atoms with van der Waals surface area (Å²) in [4.78, 5) is 38.0. The lowest BCUT2D eigenvalue weighted by Crippen LogP contribution is -2.47. The van der Waals surface area contributed by atoms with Crippen molar-refractivity contribution in [3.05, 3.63) is 83.9 Å². The normalized spacial score (nSPS) is 17.9. The molecule has 0 bridgehead atoms. The van der Waals surface area contributed by atoms with Gasteiger partial charge in [0.25, 0.3) is 5.91 Å². The smallest absolute Gasteiger partial charge is 0.278 e. The highest BCUT2D eigenvalue weighted by Crippen LogP contribution is 2.42. The van der Waals surface area contributed by atoms with Crippen molar-refractivity contribution in [3.63, 3.8) is 0 Å². The lowest BCUT2D eigenvalue weighted by molar-refractivity contribution is -0.117. The molecule has 3 aromatic rings. The van der Waals surface area contributed by atoms with Gasteiger partial charge in [0.15, 0.2) is 0 Å². The van der Waals surface area contributed by atoms with Gasteiger partial charge in [0.2, 0.25) is 5.91 Å². The SMILES string of the molecule is CC(=O)N(c1ccccc1)[C@H]1C[C@@H](C)N(C(=O)c2cnc(C)cn2)c2ccccc21. The third-order valence-electron chi connectivity index (χ3n) is 5.46. The van der Waals surface area contributed by atoms with Crippen LogP contribution in [0.15, 0.2) is 67.0 Å². The maximum Gasteiger partial charge on any atom is 0.278 e. The van der Waals surface area contributed by atoms with Crippen molar-refractivity contribution in [3.8, 4) is 0 Å². The summed E-state index contributed by atoms with van der Waals surface area (Å²) in [6, 6.07) is 17.2. The number of hydrogen-bond donors (Lipinski definition) is 0. The summed E-state index contributed by atoms with van der Waals surface area (Å²) in [5.41, 5.74) is 3.67. The van der Waals surface area contributed by atoms with Crippen LogP contribution in [0.3, 0.4) is 0 Å². The van der Waals surface area contributed by atoms with Crippen LogP contribution < -0.4 is 9.80 Å². The summed E-state index contributed by atoms with van der Waals surface area (Å²) >= 11 is 0. The summed E-state index contributed by atoms with van der Waals surface area (Å²) < 4.78 is 0. The van der Waals surface area contributed by atoms with E-state index in [1.54, 1.807) is 18.0 Å². The van der Waals surface area contributed by atoms with Gasteiger partial charge in [-0.2, -0.15) is 0 Å². The molecule has 2 aromatic carbocycles. The standard InChI is InChI=1S/C24H24N4O2/c1-16-14-26-21(15-25-16)24(30)27-17(2)13-23(20-11-7-8-12-22(20)27)28(18(3)29)19-9-5-4-6-10-19/h4-12,14-15,17,23H,13H2,1-3H3/t17-,23+/m1/s1. The van der Waals surface area contributed by atoms with Crippen LogP contribution >= 0.6 is 0 Å². The zero-order chi connectivity index (χ0) is 21.3. The number of hydrogen-bond acceptors (Lipinski definition) is 4. The maximum absolute atomic E-state index is 13.3. The van der Waals surface area contributed by atoms with Crippen molar-refractivity contribution in [2.45, 2.75) is 39.3 Å². The molecule has 0 saturated carbocycles. The third kappa shape index (κ3) is 3.56. The Bertz CT molecular complexity index is 1070. The first-order valence-corrected chi connectivity index (χ1v) is 10.0. The number of fused-ring (bicyclic) bond motifs is 1. The summed E-state index contributed by atoms with van der Waals surface area (Å²) in [7, 11) is 0. The van der Waals surface area contributed by atoms with Gasteiger partial charge >= 0.3 is 0 Å². The van der Waals surface area contributed by atoms with Gasteiger partial charge in [0.05, 0.1) is 17.9 Å². The van der Waals surface area contributed by atoms with E-state index < -0.39 is 0 Å². The largest absolute Gasteiger partial charge is 0.305 e. The molecular formula is C24H24N4O2. The first kappa shape index (κ1) is 19.8. The molecule has 1 aromatic heterocycles. The molecule has 1 aliphatic rings. The topological polar surface area (TPSA) is 66.4 Å². The molecule has 0 radical (unpaired) electrons. The van der Waals surface area contributed by atoms with E-state index in [0.717, 1.165) is 22.6 Å². The van der Waals surface area contributed by atoms with E-state index >= 15 is 0 Å². The van der Waals surface area contributed by atoms with Crippen molar-refractivity contribution in [1.82, 2.24) is 9.97 Å². The predicted octanol–water partition coefficient (Wildman–Crippen LogP) is 4.32. The Morgan fingerprint density at radius 2 is 1.70 bits per heavy atom. The van der Waals surface area contributed by atoms with E-state index in [0.29, 0.717) is 12.1 Å². The number of rotatable bonds is 3. The van der Waals surface area contributed by atoms with Gasteiger partial charge in [-0.1, -0.05) is 36.4 Å². The summed E-state index contributed by atoms with van der Waals surface area (Å²) in [6.45, 7) is 5.43. The summed E-state index contributed by atoms with van der Waals surface area (Å²) in [5, 5.41) is 0. The molecule has 1 aliphatic heterocycles. The van der Waals surface area contributed by atoms with E-state index in [-0.39, 0.29) is 23.9 Å². The average molecular weight is 400 g/mol. The van der Waals surface area contributed by atoms with Gasteiger partial charge in [-0.15, -0.1) is 0 Å². The van der Waals surface area contributed by atoms with Gasteiger partial charge in [0, 0.05) is 30.5 Å². The van der Waals surface area contributed by atoms with Crippen molar-refractivity contribution in [2.24, 2.45) is 0 Å². The molecule has 0 unspecified atom stereocenters. The third-order valence-corrected chi connectivity index (χ3v) is 5.46. The van der Waals surface area contributed by atoms with Crippen molar-refractivity contribution >= 4 is 23.2 Å². The fraction of sp³-hybridized carbons (Fsp3) is 0.250. The number of carbonyl (C=O) groups is 2. The highest BCUT2D eigenvalue weighted by Gasteiger charge is 2.38. The van der Waals surface area contributed by atoms with Crippen LogP contribution in [0, 0.1) is 6.92 Å². The number of para-hydroxylation sites is 2. The summed E-state index contributed by atoms with van der Waals surface area (Å²) in [5.74, 6) is -0.215. The molecule has 0 fully saturated rings. The van der Waals surface area contributed by atoms with Crippen LogP contribution in [0.2, 0.25) is 0 Å². The highest BCUT2D eigenvalue weighted by molar-refractivity contribution is 6.06. The van der Waals surface area contributed by atoms with Crippen LogP contribution in [-0.4, -0.2) is 27.8 Å². The number of amides is 2. The van der Waals surface area contributed by atoms with E-state index in [9.17, 15) is 9.59 Å². The Morgan fingerprint density at radius 3 is 2.37 bits per heavy atom. The molecule has 4 rings (SSSR count). The monoisotopic (exact) mass is 400 g/mol. The Hall–Kier alpha value is -3.54. The Morgan fingerprint density at radius 1 is 1.00 bits per heavy atom. The van der Waals surface area contributed by atoms with Crippen LogP contribution in [0.25, 0.3) is 0 Å². The summed E-state index contributed by atoms with van der Waals surface area (Å²) in [6.07, 6.45) is 3.74. The highest BCUT2D eigenvalue weighted by atomic mass is 16.2. The number of nitrogens with zero attached hydrogens (tertiary/aromatic N) is 4. The van der Waals surface area contributed by atoms with E-state index in [2.05, 4.69) is 9.97 Å². The molecule has 30 heavy (non-hydrogen) atoms. The van der Waals surface area contributed by atoms with Crippen molar-refractivity contribution in [2.75, 3.05) is 9.80 Å². The predicted molar refractivity (Wildman–Crippen MR) is 116 cm³/mol. The number of benzene rings is 2. The quantitative estimate of drug-likeness (QED) is 0.657. The molecule has 6 nitrogen and oxygen atoms in total. The van der Waals surface area contributed by atoms with Crippen LogP contribution in [0.1, 0.15) is 48.1 Å². The first-order valence-electron chi connectivity index (χ1n) is 10.0. The van der Waals surface area contributed by atoms with E-state index in [1.165, 1.54) is 6.20 Å². The zero-order valence-corrected chi connectivity index (χ0v) is 17.3. The molecule has 2 atom stereocenters. The second-order valence-electron chi connectivity index (χ2n) is 7.60. The first-order chi connectivity index (χ1) is 14.5. The average Bonchev–Trinajstić information content (AvgIpc) is 2.74. The Labute approximate surface area is 176 Å². The van der Waals surface area contributed by atoms with Gasteiger partial charge in [-0.25, -0.2) is 4.98 Å². The molecular weight excluding hydrogens is 376 g/mol. The second-order valence-corrected chi connectivity index (χ2v) is 7.60. The van der Waals surface area contributed by atoms with Crippen LogP contribution in [0.4, 0.5) is 11.4 Å². The number of aryl methyl sites for hydroxylation is 1. The molecule has 6 heteroatoms. The van der Waals surface area contributed by atoms with Gasteiger partial charge in [0.1, 0.15) is 5.69 Å². The maximum atomic E-state index is 13.3. The van der Waals surface area contributed by atoms with E-state index in [1.807, 2.05) is 73.3 Å². The molecule has 2 heterocycles. The number of aromatic nitrogens is 2. The lowest BCUT2D eigenvalue weighted by atomic mass is 9.89. The Kier molecular flexibility index (Phi) is 5.31. The fourth-order valence-electron chi connectivity index (χ4n) is 4.13. The minimum absolute atomic E-state index is 0.0302. The van der Waals surface area contributed by atoms with E-state index in [4.69, 9.17) is 0 Å². The van der Waals surface area contributed by atoms with Crippen molar-refractivity contribution in [1.29, 1.82) is 0 Å². The van der Waals surface area contributed by atoms with Gasteiger partial charge < -0.3 is 9.80 Å².